The average Bonchev–Trinajstić information content (AvgIpc) is 1.63. The highest BCUT2D eigenvalue weighted by Crippen LogP contribution is 2.64. The second-order valence-corrected chi connectivity index (χ2v) is 58.7. The molecule has 8 aliphatic heterocycles. The van der Waals surface area contributed by atoms with Crippen LogP contribution in [-0.2, 0) is 4.74 Å². The van der Waals surface area contributed by atoms with E-state index in [1.54, 1.807) is 0 Å². The van der Waals surface area contributed by atoms with Crippen LogP contribution in [0.4, 0.5) is 0 Å². The van der Waals surface area contributed by atoms with Gasteiger partial charge in [0.1, 0.15) is 0 Å². The fourth-order valence-electron chi connectivity index (χ4n) is 28.1. The molecule has 18 fully saturated rings. The molecule has 10 heteroatoms. The van der Waals surface area contributed by atoms with Crippen LogP contribution in [0.5, 0.6) is 0 Å². The molecule has 8 saturated heterocycles. The van der Waals surface area contributed by atoms with Gasteiger partial charge in [0.15, 0.2) is 0 Å². The molecule has 0 aromatic rings. The van der Waals surface area contributed by atoms with Crippen molar-refractivity contribution in [3.05, 3.63) is 0 Å². The SMILES string of the molecule is C.C.C.C.C.C.C.C.CC(C)(C)C1(CCN2CCCC2)CC1.CC(C)(C)CC1(CN2CCC3(CC2)CC3)CC1.CC(C)(C)CC1(CN2C[C@@H]3CC[C@H]2C3)CC1.CC(C)(C)CCC1(N2CCCC2)CC1.CCN(CC)CC1(CC(C)(C)C)CC1.CN1CC2(C1)CN(CC1(CC(C)(C)C)CC1)C2.CN1CCCC(C2(CC(C)(C)C)CC2)C1.COC1CCN(CC2(CC(C)(C)C)CC2)CC1. The Hall–Kier alpha value is -0.400. The molecule has 0 N–H and O–H groups in total. The third kappa shape index (κ3) is 41.0. The molecule has 2 spiro atoms. The van der Waals surface area contributed by atoms with Gasteiger partial charge in [0, 0.05) is 109 Å². The van der Waals surface area contributed by atoms with E-state index in [1.807, 2.05) is 7.11 Å². The van der Waals surface area contributed by atoms with E-state index in [2.05, 4.69) is 238 Å². The van der Waals surface area contributed by atoms with Crippen molar-refractivity contribution in [1.29, 1.82) is 0 Å². The maximum atomic E-state index is 5.44. The summed E-state index contributed by atoms with van der Waals surface area (Å²) >= 11 is 0. The first-order chi connectivity index (χ1) is 57.5. The van der Waals surface area contributed by atoms with E-state index in [1.165, 1.54) is 407 Å². The van der Waals surface area contributed by atoms with Crippen LogP contribution in [0.3, 0.4) is 0 Å². The molecule has 0 aromatic carbocycles. The van der Waals surface area contributed by atoms with E-state index in [0.29, 0.717) is 87.5 Å². The number of ether oxygens (including phenoxy) is 1. The van der Waals surface area contributed by atoms with E-state index >= 15 is 0 Å². The minimum atomic E-state index is 0. The number of piperidine rings is 4. The highest BCUT2D eigenvalue weighted by molar-refractivity contribution is 5.11. The summed E-state index contributed by atoms with van der Waals surface area (Å²) in [5.41, 5.74) is 11.3. The van der Waals surface area contributed by atoms with E-state index in [9.17, 15) is 0 Å². The van der Waals surface area contributed by atoms with Gasteiger partial charge in [-0.1, -0.05) is 239 Å². The number of likely N-dealkylation sites (tertiary alicyclic amines) is 8. The van der Waals surface area contributed by atoms with Crippen LogP contribution in [0.25, 0.3) is 0 Å². The predicted octanol–water partition coefficient (Wildman–Crippen LogP) is 32.4. The van der Waals surface area contributed by atoms with Gasteiger partial charge >= 0.3 is 0 Å². The highest BCUT2D eigenvalue weighted by atomic mass is 16.5. The standard InChI is InChI=1S/C16H29N.C15H28N2.C15H29NO.C15H27N.C14H27N.2C13H25N.C13H27N.8CH4/c1-14(2,3)12-16(6-7-16)13-17-10-8-15(4-5-15)9-11-17;1-13(2,3)7-14(5-6-14)10-17-11-15(12-17)8-16(4)9-15;1-14(2,3)11-15(7-8-15)12-16-9-5-13(17-4)6-10-16;1-14(2,3)10-15(6-7-15)11-16-9-12-4-5-13(16)8-12;1-13(2,3)11-14(7-8-14)12-6-5-9-15(4)10-12;1-12(2,3)6-7-13(8-9-13)14-10-4-5-11-14;1-12(2,3)13(6-7-13)8-11-14-9-4-5-10-14;1-6-14(7-2)11-13(8-9-13)10-12(3,4)5;;;;;;;;/h4-13H2,1-3H3;5-12H2,1-4H3;13H,5-12H2,1-4H3;12-13H,4-11H2,1-3H3;12H,5-11H2,1-4H3;2*4-11H2,1-3H3;6-11H2,1-5H3;8*1H4/t;;;12-,13+;;;;;;;;;;;;/m...1............/s1. The number of hydrogen-bond donors (Lipinski definition) is 0. The van der Waals surface area contributed by atoms with Gasteiger partial charge in [-0.25, -0.2) is 0 Å². The molecule has 788 valence electrons. The van der Waals surface area contributed by atoms with Gasteiger partial charge in [-0.05, 0) is 435 Å². The number of hydrogen-bond acceptors (Lipinski definition) is 10. The summed E-state index contributed by atoms with van der Waals surface area (Å²) in [6.07, 6.45) is 58.7. The minimum absolute atomic E-state index is 0. The molecule has 2 bridgehead atoms. The normalized spacial score (nSPS) is 27.2. The monoisotopic (exact) mass is 1860 g/mol. The highest BCUT2D eigenvalue weighted by Gasteiger charge is 2.58. The van der Waals surface area contributed by atoms with Crippen molar-refractivity contribution in [3.8, 4) is 0 Å². The first kappa shape index (κ1) is 126. The van der Waals surface area contributed by atoms with Crippen molar-refractivity contribution in [2.45, 2.75) is 514 Å². The summed E-state index contributed by atoms with van der Waals surface area (Å²) in [6, 6.07) is 0.974. The second kappa shape index (κ2) is 49.5. The Morgan fingerprint density at radius 2 is 0.758 bits per heavy atom. The number of fused-ring (bicyclic) bond motifs is 2. The summed E-state index contributed by atoms with van der Waals surface area (Å²) in [4.78, 5) is 24.0. The fraction of sp³-hybridized carbons (Fsp3) is 1.00. The third-order valence-electron chi connectivity index (χ3n) is 35.3. The maximum Gasteiger partial charge on any atom is 0.0595 e. The lowest BCUT2D eigenvalue weighted by atomic mass is 9.72. The molecule has 8 heterocycles. The van der Waals surface area contributed by atoms with E-state index in [4.69, 9.17) is 4.74 Å². The molecule has 10 aliphatic carbocycles. The molecule has 0 aromatic heterocycles. The van der Waals surface area contributed by atoms with Gasteiger partial charge in [-0.15, -0.1) is 0 Å². The molecular formula is C122H249N9O. The zero-order valence-corrected chi connectivity index (χ0v) is 89.3. The Balaban J connectivity index is 0.000000386. The molecule has 10 saturated carbocycles. The summed E-state index contributed by atoms with van der Waals surface area (Å²) < 4.78 is 5.44. The van der Waals surface area contributed by atoms with Crippen LogP contribution in [-0.4, -0.2) is 234 Å². The summed E-state index contributed by atoms with van der Waals surface area (Å²) in [7, 11) is 6.39. The first-order valence-electron chi connectivity index (χ1n) is 54.5. The van der Waals surface area contributed by atoms with Crippen molar-refractivity contribution in [2.75, 3.05) is 172 Å². The quantitative estimate of drug-likeness (QED) is 0.0836. The van der Waals surface area contributed by atoms with Crippen LogP contribution >= 0.6 is 0 Å². The van der Waals surface area contributed by atoms with E-state index in [0.717, 1.165) is 34.1 Å². The molecule has 18 aliphatic rings. The smallest absolute Gasteiger partial charge is 0.0595 e. The van der Waals surface area contributed by atoms with Crippen molar-refractivity contribution < 1.29 is 4.74 Å². The average molecular weight is 1860 g/mol. The van der Waals surface area contributed by atoms with Gasteiger partial charge in [-0.2, -0.15) is 0 Å². The van der Waals surface area contributed by atoms with Crippen LogP contribution < -0.4 is 0 Å². The number of nitrogens with zero attached hydrogens (tertiary/aromatic N) is 9. The fourth-order valence-corrected chi connectivity index (χ4v) is 28.1. The van der Waals surface area contributed by atoms with Gasteiger partial charge in [0.2, 0.25) is 0 Å². The molecule has 18 rings (SSSR count). The zero-order chi connectivity index (χ0) is 90.8. The van der Waals surface area contributed by atoms with Crippen molar-refractivity contribution >= 4 is 0 Å². The lowest BCUT2D eigenvalue weighted by molar-refractivity contribution is -0.111. The summed E-state index contributed by atoms with van der Waals surface area (Å²) in [5.74, 6) is 2.06. The molecule has 3 atom stereocenters. The Kier molecular flexibility index (Phi) is 47.1. The largest absolute Gasteiger partial charge is 0.381 e. The second-order valence-electron chi connectivity index (χ2n) is 58.7. The molecular weight excluding hydrogens is 1610 g/mol. The van der Waals surface area contributed by atoms with Crippen molar-refractivity contribution in [3.63, 3.8) is 0 Å². The van der Waals surface area contributed by atoms with Gasteiger partial charge in [0.25, 0.3) is 0 Å². The Bertz CT molecular complexity index is 3130. The number of rotatable bonds is 26. The molecule has 0 radical (unpaired) electrons. The molecule has 0 amide bonds. The van der Waals surface area contributed by atoms with Crippen LogP contribution in [0, 0.1) is 104 Å². The van der Waals surface area contributed by atoms with Gasteiger partial charge in [0.05, 0.1) is 6.10 Å². The maximum absolute atomic E-state index is 5.44. The first-order valence-corrected chi connectivity index (χ1v) is 54.5. The Morgan fingerprint density at radius 1 is 0.341 bits per heavy atom. The zero-order valence-electron chi connectivity index (χ0n) is 89.3. The molecule has 10 nitrogen and oxygen atoms in total. The number of methoxy groups -OCH3 is 1. The van der Waals surface area contributed by atoms with Crippen molar-refractivity contribution in [2.24, 2.45) is 104 Å². The lowest BCUT2D eigenvalue weighted by Crippen LogP contribution is -2.71. The van der Waals surface area contributed by atoms with E-state index < -0.39 is 0 Å². The van der Waals surface area contributed by atoms with Crippen LogP contribution in [0.1, 0.15) is 496 Å². The lowest BCUT2D eigenvalue weighted by Gasteiger charge is -2.60. The summed E-state index contributed by atoms with van der Waals surface area (Å²) in [5, 5.41) is 0. The molecule has 1 unspecified atom stereocenters. The van der Waals surface area contributed by atoms with Gasteiger partial charge in [-0.3, -0.25) is 9.80 Å². The topological polar surface area (TPSA) is 38.4 Å². The van der Waals surface area contributed by atoms with Crippen molar-refractivity contribution in [1.82, 2.24) is 44.1 Å². The van der Waals surface area contributed by atoms with Gasteiger partial charge < -0.3 is 39.0 Å². The minimum Gasteiger partial charge on any atom is -0.381 e. The van der Waals surface area contributed by atoms with Crippen LogP contribution in [0.15, 0.2) is 0 Å². The molecule has 132 heavy (non-hydrogen) atoms. The Morgan fingerprint density at radius 3 is 1.10 bits per heavy atom. The Labute approximate surface area is 833 Å². The third-order valence-corrected chi connectivity index (χ3v) is 35.3. The van der Waals surface area contributed by atoms with E-state index in [-0.39, 0.29) is 59.4 Å². The summed E-state index contributed by atoms with van der Waals surface area (Å²) in [6.45, 7) is 92.9. The van der Waals surface area contributed by atoms with Crippen LogP contribution in [0.2, 0.25) is 0 Å². The predicted molar refractivity (Wildman–Crippen MR) is 592 cm³/mol.